The van der Waals surface area contributed by atoms with Crippen molar-refractivity contribution < 1.29 is 9.53 Å². The number of nitrogens with one attached hydrogen (secondary N) is 1. The Balaban J connectivity index is 1.93. The van der Waals surface area contributed by atoms with E-state index in [0.717, 1.165) is 19.7 Å². The second-order valence-electron chi connectivity index (χ2n) is 5.00. The van der Waals surface area contributed by atoms with Crippen LogP contribution >= 0.6 is 0 Å². The number of morpholine rings is 1. The molecule has 4 heteroatoms. The van der Waals surface area contributed by atoms with E-state index in [0.29, 0.717) is 12.6 Å². The normalized spacial score (nSPS) is 26.8. The minimum absolute atomic E-state index is 0.120. The average Bonchev–Trinajstić information content (AvgIpc) is 2.42. The molecule has 1 N–H and O–H groups in total. The predicted octanol–water partition coefficient (Wildman–Crippen LogP) is 1.16. The van der Waals surface area contributed by atoms with Crippen LogP contribution in [-0.2, 0) is 9.53 Å². The molecule has 0 bridgehead atoms. The summed E-state index contributed by atoms with van der Waals surface area (Å²) in [6, 6.07) is 0.343. The standard InChI is InChI=1S/C13H24N2O2/c1-2-15(11-6-4-3-5-7-11)13(16)12-10-17-9-8-14-12/h11-12,14H,2-10H2,1H3. The molecule has 0 radical (unpaired) electrons. The Morgan fingerprint density at radius 1 is 1.35 bits per heavy atom. The van der Waals surface area contributed by atoms with Crippen molar-refractivity contribution in [2.24, 2.45) is 0 Å². The van der Waals surface area contributed by atoms with Gasteiger partial charge in [0.15, 0.2) is 0 Å². The second-order valence-corrected chi connectivity index (χ2v) is 5.00. The number of nitrogens with zero attached hydrogens (tertiary/aromatic N) is 1. The summed E-state index contributed by atoms with van der Waals surface area (Å²) >= 11 is 0. The van der Waals surface area contributed by atoms with Gasteiger partial charge in [-0.25, -0.2) is 0 Å². The predicted molar refractivity (Wildman–Crippen MR) is 66.9 cm³/mol. The largest absolute Gasteiger partial charge is 0.378 e. The number of amides is 1. The van der Waals surface area contributed by atoms with Gasteiger partial charge in [-0.2, -0.15) is 0 Å². The Kier molecular flexibility index (Phi) is 4.80. The van der Waals surface area contributed by atoms with Crippen molar-refractivity contribution in [3.8, 4) is 0 Å². The summed E-state index contributed by atoms with van der Waals surface area (Å²) in [7, 11) is 0. The van der Waals surface area contributed by atoms with E-state index in [-0.39, 0.29) is 11.9 Å². The molecule has 1 saturated carbocycles. The molecule has 1 heterocycles. The molecule has 1 aliphatic carbocycles. The quantitative estimate of drug-likeness (QED) is 0.805. The molecule has 0 aromatic heterocycles. The van der Waals surface area contributed by atoms with Crippen LogP contribution in [0.15, 0.2) is 0 Å². The van der Waals surface area contributed by atoms with E-state index < -0.39 is 0 Å². The molecule has 98 valence electrons. The van der Waals surface area contributed by atoms with Gasteiger partial charge in [-0.3, -0.25) is 4.79 Å². The molecule has 0 spiro atoms. The van der Waals surface area contributed by atoms with Crippen molar-refractivity contribution >= 4 is 5.91 Å². The molecule has 0 aromatic carbocycles. The molecule has 1 amide bonds. The molecule has 0 aromatic rings. The van der Waals surface area contributed by atoms with Crippen molar-refractivity contribution in [1.29, 1.82) is 0 Å². The molecule has 2 rings (SSSR count). The highest BCUT2D eigenvalue weighted by Gasteiger charge is 2.30. The van der Waals surface area contributed by atoms with Crippen molar-refractivity contribution in [2.45, 2.75) is 51.1 Å². The zero-order chi connectivity index (χ0) is 12.1. The van der Waals surface area contributed by atoms with Gasteiger partial charge in [0.25, 0.3) is 0 Å². The summed E-state index contributed by atoms with van der Waals surface area (Å²) < 4.78 is 5.38. The smallest absolute Gasteiger partial charge is 0.242 e. The topological polar surface area (TPSA) is 41.6 Å². The third-order valence-electron chi connectivity index (χ3n) is 3.86. The number of carbonyl (C=O) groups is 1. The van der Waals surface area contributed by atoms with E-state index in [9.17, 15) is 4.79 Å². The van der Waals surface area contributed by atoms with Crippen LogP contribution in [0.25, 0.3) is 0 Å². The van der Waals surface area contributed by atoms with Crippen molar-refractivity contribution in [1.82, 2.24) is 10.2 Å². The van der Waals surface area contributed by atoms with Crippen LogP contribution in [-0.4, -0.2) is 49.2 Å². The van der Waals surface area contributed by atoms with E-state index >= 15 is 0 Å². The van der Waals surface area contributed by atoms with E-state index in [1.165, 1.54) is 32.1 Å². The lowest BCUT2D eigenvalue weighted by Crippen LogP contribution is -2.55. The SMILES string of the molecule is CCN(C(=O)C1COCCN1)C1CCCCC1. The number of hydrogen-bond donors (Lipinski definition) is 1. The maximum atomic E-state index is 12.4. The highest BCUT2D eigenvalue weighted by Crippen LogP contribution is 2.23. The Bertz CT molecular complexity index is 246. The lowest BCUT2D eigenvalue weighted by atomic mass is 9.93. The lowest BCUT2D eigenvalue weighted by molar-refractivity contribution is -0.139. The zero-order valence-corrected chi connectivity index (χ0v) is 10.8. The summed E-state index contributed by atoms with van der Waals surface area (Å²) in [5.74, 6) is 0.235. The fraction of sp³-hybridized carbons (Fsp3) is 0.923. The van der Waals surface area contributed by atoms with Gasteiger partial charge in [-0.1, -0.05) is 19.3 Å². The molecule has 1 unspecified atom stereocenters. The first-order chi connectivity index (χ1) is 8.33. The van der Waals surface area contributed by atoms with Gasteiger partial charge in [-0.05, 0) is 19.8 Å². The number of ether oxygens (including phenoxy) is 1. The molecule has 4 nitrogen and oxygen atoms in total. The van der Waals surface area contributed by atoms with Crippen LogP contribution in [0.5, 0.6) is 0 Å². The summed E-state index contributed by atoms with van der Waals surface area (Å²) in [5, 5.41) is 3.26. The summed E-state index contributed by atoms with van der Waals surface area (Å²) in [6.45, 7) is 4.94. The van der Waals surface area contributed by atoms with Gasteiger partial charge in [0.1, 0.15) is 6.04 Å². The molecule has 1 atom stereocenters. The third kappa shape index (κ3) is 3.19. The Labute approximate surface area is 104 Å². The van der Waals surface area contributed by atoms with Gasteiger partial charge in [0.2, 0.25) is 5.91 Å². The van der Waals surface area contributed by atoms with E-state index in [1.807, 2.05) is 0 Å². The van der Waals surface area contributed by atoms with Crippen LogP contribution in [0.4, 0.5) is 0 Å². The van der Waals surface area contributed by atoms with Crippen LogP contribution in [0.3, 0.4) is 0 Å². The third-order valence-corrected chi connectivity index (χ3v) is 3.86. The molecular formula is C13H24N2O2. The molecule has 2 aliphatic rings. The number of carbonyl (C=O) groups excluding carboxylic acids is 1. The van der Waals surface area contributed by atoms with Gasteiger partial charge >= 0.3 is 0 Å². The van der Waals surface area contributed by atoms with Gasteiger partial charge in [0, 0.05) is 19.1 Å². The van der Waals surface area contributed by atoms with Crippen molar-refractivity contribution in [2.75, 3.05) is 26.3 Å². The first-order valence-electron chi connectivity index (χ1n) is 6.94. The van der Waals surface area contributed by atoms with Crippen LogP contribution in [0, 0.1) is 0 Å². The molecule has 1 saturated heterocycles. The lowest BCUT2D eigenvalue weighted by Gasteiger charge is -2.36. The first-order valence-corrected chi connectivity index (χ1v) is 6.94. The highest BCUT2D eigenvalue weighted by molar-refractivity contribution is 5.82. The van der Waals surface area contributed by atoms with E-state index in [1.54, 1.807) is 0 Å². The highest BCUT2D eigenvalue weighted by atomic mass is 16.5. The van der Waals surface area contributed by atoms with Gasteiger partial charge in [0.05, 0.1) is 13.2 Å². The Morgan fingerprint density at radius 3 is 2.71 bits per heavy atom. The second kappa shape index (κ2) is 6.36. The van der Waals surface area contributed by atoms with Crippen LogP contribution < -0.4 is 5.32 Å². The first kappa shape index (κ1) is 12.8. The zero-order valence-electron chi connectivity index (χ0n) is 10.8. The summed E-state index contributed by atoms with van der Waals surface area (Å²) in [4.78, 5) is 14.5. The monoisotopic (exact) mass is 240 g/mol. The summed E-state index contributed by atoms with van der Waals surface area (Å²) in [6.07, 6.45) is 6.21. The summed E-state index contributed by atoms with van der Waals surface area (Å²) in [5.41, 5.74) is 0. The molecule has 2 fully saturated rings. The fourth-order valence-electron chi connectivity index (χ4n) is 2.91. The van der Waals surface area contributed by atoms with Crippen molar-refractivity contribution in [3.63, 3.8) is 0 Å². The minimum atomic E-state index is -0.120. The Morgan fingerprint density at radius 2 is 2.12 bits per heavy atom. The molecule has 1 aliphatic heterocycles. The fourth-order valence-corrected chi connectivity index (χ4v) is 2.91. The molecule has 17 heavy (non-hydrogen) atoms. The van der Waals surface area contributed by atoms with E-state index in [2.05, 4.69) is 17.1 Å². The average molecular weight is 240 g/mol. The van der Waals surface area contributed by atoms with Gasteiger partial charge < -0.3 is 15.0 Å². The molecular weight excluding hydrogens is 216 g/mol. The maximum Gasteiger partial charge on any atom is 0.242 e. The maximum absolute atomic E-state index is 12.4. The number of hydrogen-bond acceptors (Lipinski definition) is 3. The Hall–Kier alpha value is -0.610. The van der Waals surface area contributed by atoms with Crippen molar-refractivity contribution in [3.05, 3.63) is 0 Å². The minimum Gasteiger partial charge on any atom is -0.378 e. The number of rotatable bonds is 3. The van der Waals surface area contributed by atoms with Gasteiger partial charge in [-0.15, -0.1) is 0 Å². The van der Waals surface area contributed by atoms with E-state index in [4.69, 9.17) is 4.74 Å². The van der Waals surface area contributed by atoms with Crippen LogP contribution in [0.1, 0.15) is 39.0 Å². The number of likely N-dealkylation sites (N-methyl/N-ethyl adjacent to an activating group) is 1. The van der Waals surface area contributed by atoms with Crippen LogP contribution in [0.2, 0.25) is 0 Å².